The van der Waals surface area contributed by atoms with Crippen LogP contribution in [0.25, 0.3) is 0 Å². The first-order valence-electron chi connectivity index (χ1n) is 6.42. The molecule has 0 saturated carbocycles. The molecule has 0 atom stereocenters. The molecule has 3 N–H and O–H groups in total. The Balaban J connectivity index is 2.12. The fourth-order valence-corrected chi connectivity index (χ4v) is 1.88. The van der Waals surface area contributed by atoms with Crippen LogP contribution in [0, 0.1) is 0 Å². The van der Waals surface area contributed by atoms with Crippen LogP contribution in [-0.4, -0.2) is 0 Å². The molecule has 0 saturated heterocycles. The lowest BCUT2D eigenvalue weighted by Crippen LogP contribution is -2.06. The molecule has 1 aromatic carbocycles. The van der Waals surface area contributed by atoms with Gasteiger partial charge in [0, 0.05) is 5.69 Å². The molecule has 1 rings (SSSR count). The van der Waals surface area contributed by atoms with Gasteiger partial charge in [0.2, 0.25) is 0 Å². The summed E-state index contributed by atoms with van der Waals surface area (Å²) in [7, 11) is 0. The highest BCUT2D eigenvalue weighted by molar-refractivity contribution is 5.43. The van der Waals surface area contributed by atoms with Crippen molar-refractivity contribution in [3.05, 3.63) is 29.8 Å². The van der Waals surface area contributed by atoms with Crippen molar-refractivity contribution in [3.63, 3.8) is 0 Å². The van der Waals surface area contributed by atoms with Gasteiger partial charge in [0.05, 0.1) is 0 Å². The topological polar surface area (TPSA) is 38.0 Å². The van der Waals surface area contributed by atoms with Gasteiger partial charge in [-0.25, -0.2) is 0 Å². The van der Waals surface area contributed by atoms with Crippen LogP contribution in [0.4, 0.5) is 5.69 Å². The molecular weight excluding hydrogens is 196 g/mol. The molecule has 0 radical (unpaired) electrons. The van der Waals surface area contributed by atoms with Crippen LogP contribution in [0.5, 0.6) is 0 Å². The Morgan fingerprint density at radius 3 is 2.19 bits per heavy atom. The Kier molecular flexibility index (Phi) is 6.66. The standard InChI is InChI=1S/C14H24N2/c1-2-3-4-5-6-7-8-13-9-11-14(16-15)12-10-13/h9-12,16H,2-8,15H2,1H3. The largest absolute Gasteiger partial charge is 0.324 e. The Bertz CT molecular complexity index is 267. The van der Waals surface area contributed by atoms with Crippen LogP contribution in [0.3, 0.4) is 0 Å². The van der Waals surface area contributed by atoms with Crippen molar-refractivity contribution < 1.29 is 0 Å². The average molecular weight is 220 g/mol. The van der Waals surface area contributed by atoms with E-state index in [0.29, 0.717) is 0 Å². The molecule has 0 unspecified atom stereocenters. The van der Waals surface area contributed by atoms with Gasteiger partial charge in [0.1, 0.15) is 0 Å². The number of benzene rings is 1. The van der Waals surface area contributed by atoms with E-state index in [2.05, 4.69) is 24.5 Å². The number of anilines is 1. The first-order chi connectivity index (χ1) is 7.86. The summed E-state index contributed by atoms with van der Waals surface area (Å²) in [6, 6.07) is 8.38. The van der Waals surface area contributed by atoms with Gasteiger partial charge in [-0.05, 0) is 30.5 Å². The van der Waals surface area contributed by atoms with Crippen molar-refractivity contribution in [1.29, 1.82) is 0 Å². The Hall–Kier alpha value is -1.02. The first-order valence-corrected chi connectivity index (χ1v) is 6.42. The zero-order chi connectivity index (χ0) is 11.6. The number of hydrogen-bond acceptors (Lipinski definition) is 2. The Labute approximate surface area is 99.2 Å². The van der Waals surface area contributed by atoms with E-state index < -0.39 is 0 Å². The molecule has 0 aliphatic carbocycles. The third-order valence-corrected chi connectivity index (χ3v) is 2.94. The monoisotopic (exact) mass is 220 g/mol. The van der Waals surface area contributed by atoms with Crippen LogP contribution >= 0.6 is 0 Å². The minimum Gasteiger partial charge on any atom is -0.324 e. The van der Waals surface area contributed by atoms with E-state index >= 15 is 0 Å². The van der Waals surface area contributed by atoms with Gasteiger partial charge >= 0.3 is 0 Å². The van der Waals surface area contributed by atoms with Crippen molar-refractivity contribution in [1.82, 2.24) is 0 Å². The Morgan fingerprint density at radius 1 is 0.938 bits per heavy atom. The molecule has 0 amide bonds. The highest BCUT2D eigenvalue weighted by Crippen LogP contribution is 2.12. The second kappa shape index (κ2) is 8.17. The number of nitrogens with two attached hydrogens (primary N) is 1. The fraction of sp³-hybridized carbons (Fsp3) is 0.571. The van der Waals surface area contributed by atoms with E-state index in [0.717, 1.165) is 5.69 Å². The number of hydrogen-bond donors (Lipinski definition) is 2. The lowest BCUT2D eigenvalue weighted by molar-refractivity contribution is 0.607. The lowest BCUT2D eigenvalue weighted by Gasteiger charge is -2.03. The summed E-state index contributed by atoms with van der Waals surface area (Å²) in [4.78, 5) is 0. The maximum Gasteiger partial charge on any atom is 0.0485 e. The van der Waals surface area contributed by atoms with Gasteiger partial charge in [-0.1, -0.05) is 51.2 Å². The Morgan fingerprint density at radius 2 is 1.56 bits per heavy atom. The summed E-state index contributed by atoms with van der Waals surface area (Å²) in [5.41, 5.74) is 5.03. The van der Waals surface area contributed by atoms with Gasteiger partial charge in [-0.2, -0.15) is 0 Å². The van der Waals surface area contributed by atoms with Crippen LogP contribution in [0.2, 0.25) is 0 Å². The number of hydrazine groups is 1. The molecule has 2 heteroatoms. The third-order valence-electron chi connectivity index (χ3n) is 2.94. The van der Waals surface area contributed by atoms with E-state index in [9.17, 15) is 0 Å². The number of nitrogen functional groups attached to an aromatic ring is 1. The molecule has 0 aromatic heterocycles. The summed E-state index contributed by atoms with van der Waals surface area (Å²) < 4.78 is 0. The van der Waals surface area contributed by atoms with Crippen LogP contribution in [0.1, 0.15) is 51.0 Å². The summed E-state index contributed by atoms with van der Waals surface area (Å²) in [6.45, 7) is 2.26. The van der Waals surface area contributed by atoms with Crippen molar-refractivity contribution in [3.8, 4) is 0 Å². The molecule has 0 heterocycles. The smallest absolute Gasteiger partial charge is 0.0485 e. The van der Waals surface area contributed by atoms with Crippen LogP contribution in [-0.2, 0) is 6.42 Å². The molecule has 0 aliphatic rings. The normalized spacial score (nSPS) is 10.4. The van der Waals surface area contributed by atoms with Crippen molar-refractivity contribution in [2.75, 3.05) is 5.43 Å². The molecule has 2 nitrogen and oxygen atoms in total. The van der Waals surface area contributed by atoms with E-state index in [4.69, 9.17) is 5.84 Å². The summed E-state index contributed by atoms with van der Waals surface area (Å²) in [5.74, 6) is 5.32. The second-order valence-corrected chi connectivity index (χ2v) is 4.36. The maximum absolute atomic E-state index is 5.32. The average Bonchev–Trinajstić information content (AvgIpc) is 2.34. The molecule has 0 spiro atoms. The first kappa shape index (κ1) is 13.0. The van der Waals surface area contributed by atoms with Gasteiger partial charge < -0.3 is 5.43 Å². The third kappa shape index (κ3) is 5.17. The predicted molar refractivity (Wildman–Crippen MR) is 71.3 cm³/mol. The molecule has 0 fully saturated rings. The quantitative estimate of drug-likeness (QED) is 0.396. The summed E-state index contributed by atoms with van der Waals surface area (Å²) in [6.07, 6.45) is 9.35. The van der Waals surface area contributed by atoms with Crippen molar-refractivity contribution in [2.45, 2.75) is 51.9 Å². The fourth-order valence-electron chi connectivity index (χ4n) is 1.88. The molecule has 90 valence electrons. The summed E-state index contributed by atoms with van der Waals surface area (Å²) in [5, 5.41) is 0. The summed E-state index contributed by atoms with van der Waals surface area (Å²) >= 11 is 0. The van der Waals surface area contributed by atoms with E-state index in [-0.39, 0.29) is 0 Å². The van der Waals surface area contributed by atoms with Gasteiger partial charge in [-0.3, -0.25) is 5.84 Å². The van der Waals surface area contributed by atoms with E-state index in [1.54, 1.807) is 0 Å². The van der Waals surface area contributed by atoms with Crippen LogP contribution in [0.15, 0.2) is 24.3 Å². The predicted octanol–water partition coefficient (Wildman–Crippen LogP) is 3.88. The zero-order valence-corrected chi connectivity index (χ0v) is 10.3. The lowest BCUT2D eigenvalue weighted by atomic mass is 10.0. The number of rotatable bonds is 8. The number of aryl methyl sites for hydroxylation is 1. The second-order valence-electron chi connectivity index (χ2n) is 4.36. The van der Waals surface area contributed by atoms with Crippen LogP contribution < -0.4 is 11.3 Å². The SMILES string of the molecule is CCCCCCCCc1ccc(NN)cc1. The zero-order valence-electron chi connectivity index (χ0n) is 10.3. The molecular formula is C14H24N2. The molecule has 0 aliphatic heterocycles. The number of nitrogens with one attached hydrogen (secondary N) is 1. The van der Waals surface area contributed by atoms with E-state index in [1.165, 1.54) is 50.5 Å². The maximum atomic E-state index is 5.32. The van der Waals surface area contributed by atoms with Gasteiger partial charge in [0.15, 0.2) is 0 Å². The minimum absolute atomic E-state index is 0.978. The number of unbranched alkanes of at least 4 members (excludes halogenated alkanes) is 5. The highest BCUT2D eigenvalue weighted by atomic mass is 15.2. The molecule has 0 bridgehead atoms. The molecule has 16 heavy (non-hydrogen) atoms. The molecule has 1 aromatic rings. The van der Waals surface area contributed by atoms with Gasteiger partial charge in [-0.15, -0.1) is 0 Å². The van der Waals surface area contributed by atoms with Crippen molar-refractivity contribution in [2.24, 2.45) is 5.84 Å². The minimum atomic E-state index is 0.978. The highest BCUT2D eigenvalue weighted by Gasteiger charge is 1.94. The van der Waals surface area contributed by atoms with E-state index in [1.807, 2.05) is 12.1 Å². The van der Waals surface area contributed by atoms with Crippen molar-refractivity contribution >= 4 is 5.69 Å². The van der Waals surface area contributed by atoms with Gasteiger partial charge in [0.25, 0.3) is 0 Å².